The van der Waals surface area contributed by atoms with Crippen LogP contribution >= 0.6 is 8.20 Å². The molecule has 0 aliphatic heterocycles. The van der Waals surface area contributed by atoms with Crippen molar-refractivity contribution in [2.75, 3.05) is 0 Å². The summed E-state index contributed by atoms with van der Waals surface area (Å²) in [6.07, 6.45) is 3.51. The Bertz CT molecular complexity index is 269. The third-order valence-electron chi connectivity index (χ3n) is 1.39. The second-order valence-electron chi connectivity index (χ2n) is 2.30. The maximum Gasteiger partial charge on any atom is 0.319 e. The summed E-state index contributed by atoms with van der Waals surface area (Å²) in [6, 6.07) is 9.61. The summed E-state index contributed by atoms with van der Waals surface area (Å²) in [5.74, 6) is 0. The van der Waals surface area contributed by atoms with Gasteiger partial charge in [0.1, 0.15) is 6.61 Å². The molecule has 12 heavy (non-hydrogen) atoms. The summed E-state index contributed by atoms with van der Waals surface area (Å²) in [5, 5.41) is 0. The Balaban J connectivity index is 2.43. The predicted molar refractivity (Wildman–Crippen MR) is 53.5 cm³/mol. The van der Waals surface area contributed by atoms with Crippen molar-refractivity contribution < 1.29 is 9.53 Å². The first-order chi connectivity index (χ1) is 5.83. The molecule has 0 spiro atoms. The number of carbonyl (C=O) groups excluding carboxylic acids is 1. The maximum atomic E-state index is 10.7. The molecule has 0 radical (unpaired) electrons. The Morgan fingerprint density at radius 3 is 2.67 bits per heavy atom. The van der Waals surface area contributed by atoms with Gasteiger partial charge in [-0.15, -0.1) is 0 Å². The van der Waals surface area contributed by atoms with E-state index in [0.717, 1.165) is 5.56 Å². The third kappa shape index (κ3) is 2.93. The summed E-state index contributed by atoms with van der Waals surface area (Å²) in [5.41, 5.74) is 0.831. The normalized spacial score (nSPS) is 10.3. The van der Waals surface area contributed by atoms with Crippen LogP contribution in [0.1, 0.15) is 5.56 Å². The van der Waals surface area contributed by atoms with Gasteiger partial charge < -0.3 is 4.74 Å². The maximum absolute atomic E-state index is 10.7. The van der Waals surface area contributed by atoms with Crippen LogP contribution < -0.4 is 0 Å². The molecule has 0 N–H and O–H groups in total. The largest absolute Gasteiger partial charge is 0.458 e. The fourth-order valence-electron chi connectivity index (χ4n) is 0.788. The van der Waals surface area contributed by atoms with Crippen molar-refractivity contribution in [3.63, 3.8) is 0 Å². The van der Waals surface area contributed by atoms with E-state index in [0.29, 0.717) is 6.61 Å². The first kappa shape index (κ1) is 9.08. The van der Waals surface area contributed by atoms with Gasteiger partial charge in [0, 0.05) is 0 Å². The number of hydrogen-bond acceptors (Lipinski definition) is 2. The molecule has 0 saturated heterocycles. The number of rotatable bonds is 3. The van der Waals surface area contributed by atoms with Crippen LogP contribution in [0, 0.1) is 0 Å². The number of hydrogen-bond donors (Lipinski definition) is 0. The van der Waals surface area contributed by atoms with E-state index in [1.807, 2.05) is 30.3 Å². The predicted octanol–water partition coefficient (Wildman–Crippen LogP) is 2.17. The van der Waals surface area contributed by atoms with E-state index >= 15 is 0 Å². The van der Waals surface area contributed by atoms with Crippen LogP contribution in [-0.4, -0.2) is 12.0 Å². The van der Waals surface area contributed by atoms with E-state index in [4.69, 9.17) is 4.74 Å². The molecule has 1 aromatic carbocycles. The van der Waals surface area contributed by atoms with Gasteiger partial charge in [0.15, 0.2) is 0 Å². The molecule has 0 fully saturated rings. The second-order valence-corrected chi connectivity index (χ2v) is 3.18. The van der Waals surface area contributed by atoms with Gasteiger partial charge in [-0.05, 0) is 13.8 Å². The number of ether oxygens (including phenoxy) is 1. The Morgan fingerprint density at radius 2 is 2.08 bits per heavy atom. The van der Waals surface area contributed by atoms with Crippen molar-refractivity contribution in [1.82, 2.24) is 0 Å². The van der Waals surface area contributed by atoms with E-state index in [2.05, 4.69) is 6.30 Å². The molecular weight excluding hydrogens is 171 g/mol. The highest BCUT2D eigenvalue weighted by molar-refractivity contribution is 7.55. The van der Waals surface area contributed by atoms with Gasteiger partial charge in [0.25, 0.3) is 0 Å². The number of benzene rings is 1. The topological polar surface area (TPSA) is 26.3 Å². The van der Waals surface area contributed by atoms with Crippen molar-refractivity contribution in [3.8, 4) is 0 Å². The minimum atomic E-state index is -0.458. The second kappa shape index (κ2) is 4.78. The van der Waals surface area contributed by atoms with Crippen LogP contribution in [0.15, 0.2) is 30.3 Å². The van der Waals surface area contributed by atoms with Gasteiger partial charge in [0.2, 0.25) is 0 Å². The van der Waals surface area contributed by atoms with Gasteiger partial charge in [-0.25, -0.2) is 4.79 Å². The lowest BCUT2D eigenvalue weighted by Gasteiger charge is -2.00. The molecule has 0 aliphatic carbocycles. The zero-order valence-electron chi connectivity index (χ0n) is 6.69. The van der Waals surface area contributed by atoms with Crippen LogP contribution in [0.25, 0.3) is 0 Å². The van der Waals surface area contributed by atoms with Crippen molar-refractivity contribution >= 4 is 20.2 Å². The molecule has 0 heterocycles. The van der Waals surface area contributed by atoms with Gasteiger partial charge in [-0.3, -0.25) is 0 Å². The Labute approximate surface area is 73.0 Å². The summed E-state index contributed by atoms with van der Waals surface area (Å²) in [6.45, 7) is 0.363. The summed E-state index contributed by atoms with van der Waals surface area (Å²) < 4.78 is 4.91. The van der Waals surface area contributed by atoms with Gasteiger partial charge in [0.05, 0.1) is 0 Å². The van der Waals surface area contributed by atoms with Gasteiger partial charge in [-0.1, -0.05) is 36.6 Å². The van der Waals surface area contributed by atoms with E-state index in [-0.39, 0.29) is 5.71 Å². The SMILES string of the molecule is C=[PH2]C(=O)OCc1ccccc1. The highest BCUT2D eigenvalue weighted by Gasteiger charge is 1.94. The standard InChI is InChI=1S/C9H11O2P/c1-12-9(10)11-7-8-5-3-2-4-6-8/h2-6H,1,7,12H2. The number of carbonyl (C=O) groups is 1. The summed E-state index contributed by atoms with van der Waals surface area (Å²) >= 11 is 0. The van der Waals surface area contributed by atoms with E-state index in [1.54, 1.807) is 0 Å². The zero-order valence-corrected chi connectivity index (χ0v) is 7.85. The Morgan fingerprint density at radius 1 is 1.42 bits per heavy atom. The summed E-state index contributed by atoms with van der Waals surface area (Å²) in [4.78, 5) is 10.7. The van der Waals surface area contributed by atoms with Crippen LogP contribution in [0.5, 0.6) is 0 Å². The molecule has 0 aliphatic rings. The third-order valence-corrected chi connectivity index (χ3v) is 1.89. The van der Waals surface area contributed by atoms with Crippen LogP contribution in [0.3, 0.4) is 0 Å². The molecular formula is C9H11O2P. The Hall–Kier alpha value is -1.01. The van der Waals surface area contributed by atoms with Crippen LogP contribution in [0.4, 0.5) is 4.79 Å². The van der Waals surface area contributed by atoms with Gasteiger partial charge in [-0.2, -0.15) is 0 Å². The molecule has 1 atom stereocenters. The highest BCUT2D eigenvalue weighted by atomic mass is 31.1. The van der Waals surface area contributed by atoms with Crippen molar-refractivity contribution in [1.29, 1.82) is 0 Å². The monoisotopic (exact) mass is 182 g/mol. The minimum Gasteiger partial charge on any atom is -0.458 e. The fourth-order valence-corrected chi connectivity index (χ4v) is 0.989. The van der Waals surface area contributed by atoms with E-state index < -0.39 is 8.20 Å². The molecule has 1 aromatic rings. The molecule has 1 unspecified atom stereocenters. The average molecular weight is 182 g/mol. The molecule has 3 heteroatoms. The quantitative estimate of drug-likeness (QED) is 0.669. The van der Waals surface area contributed by atoms with Crippen LogP contribution in [0.2, 0.25) is 0 Å². The van der Waals surface area contributed by atoms with Crippen molar-refractivity contribution in [2.24, 2.45) is 0 Å². The highest BCUT2D eigenvalue weighted by Crippen LogP contribution is 2.04. The minimum absolute atomic E-state index is 0.182. The van der Waals surface area contributed by atoms with E-state index in [9.17, 15) is 4.79 Å². The lowest BCUT2D eigenvalue weighted by molar-refractivity contribution is 0.168. The van der Waals surface area contributed by atoms with Gasteiger partial charge >= 0.3 is 5.71 Å². The molecule has 64 valence electrons. The zero-order chi connectivity index (χ0) is 8.81. The fraction of sp³-hybridized carbons (Fsp3) is 0.111. The smallest absolute Gasteiger partial charge is 0.319 e. The molecule has 0 aromatic heterocycles. The molecule has 0 amide bonds. The molecule has 1 rings (SSSR count). The van der Waals surface area contributed by atoms with Crippen molar-refractivity contribution in [3.05, 3.63) is 35.9 Å². The first-order valence-corrected chi connectivity index (χ1v) is 5.05. The molecule has 0 bridgehead atoms. The Kier molecular flexibility index (Phi) is 3.62. The molecule has 0 saturated carbocycles. The lowest BCUT2D eigenvalue weighted by atomic mass is 10.2. The molecule has 2 nitrogen and oxygen atoms in total. The summed E-state index contributed by atoms with van der Waals surface area (Å²) in [7, 11) is -0.458. The first-order valence-electron chi connectivity index (χ1n) is 3.66. The average Bonchev–Trinajstić information content (AvgIpc) is 2.16. The lowest BCUT2D eigenvalue weighted by Crippen LogP contribution is -1.94. The van der Waals surface area contributed by atoms with Crippen molar-refractivity contribution in [2.45, 2.75) is 6.61 Å². The van der Waals surface area contributed by atoms with E-state index in [1.165, 1.54) is 0 Å². The van der Waals surface area contributed by atoms with Crippen LogP contribution in [-0.2, 0) is 11.3 Å².